The molecule has 1 saturated heterocycles. The van der Waals surface area contributed by atoms with Gasteiger partial charge in [-0.15, -0.1) is 5.10 Å². The molecule has 3 aromatic rings. The first kappa shape index (κ1) is 32.4. The first-order valence-corrected chi connectivity index (χ1v) is 16.0. The molecule has 2 aromatic heterocycles. The molecule has 1 aliphatic heterocycles. The summed E-state index contributed by atoms with van der Waals surface area (Å²) in [7, 11) is 0. The number of aromatic nitrogens is 3. The van der Waals surface area contributed by atoms with E-state index in [0.29, 0.717) is 12.4 Å². The third-order valence-corrected chi connectivity index (χ3v) is 9.28. The molecule has 1 aromatic carbocycles. The first-order chi connectivity index (χ1) is 20.9. The largest absolute Gasteiger partial charge is 0.494 e. The Morgan fingerprint density at radius 3 is 2.55 bits per heavy atom. The fraction of sp³-hybridized carbons (Fsp3) is 0.516. The molecule has 238 valence electrons. The first-order valence-electron chi connectivity index (χ1n) is 14.8. The fourth-order valence-electron chi connectivity index (χ4n) is 5.39. The zero-order chi connectivity index (χ0) is 31.4. The van der Waals surface area contributed by atoms with Crippen LogP contribution in [0.15, 0.2) is 53.6 Å². The molecular weight excluding hydrogens is 615 g/mol. The summed E-state index contributed by atoms with van der Waals surface area (Å²) in [5.74, 6) is 1.62. The highest BCUT2D eigenvalue weighted by atomic mass is 35.5. The number of unbranched alkanes of at least 4 members (excludes halogenated alkanes) is 1. The van der Waals surface area contributed by atoms with Gasteiger partial charge < -0.3 is 14.8 Å². The van der Waals surface area contributed by atoms with Crippen LogP contribution in [0.2, 0.25) is 5.15 Å². The summed E-state index contributed by atoms with van der Waals surface area (Å²) >= 11 is 7.46. The summed E-state index contributed by atoms with van der Waals surface area (Å²) in [6.45, 7) is 6.19. The zero-order valence-electron chi connectivity index (χ0n) is 24.8. The summed E-state index contributed by atoms with van der Waals surface area (Å²) in [6.07, 6.45) is 2.10. The van der Waals surface area contributed by atoms with E-state index in [4.69, 9.17) is 21.1 Å². The van der Waals surface area contributed by atoms with E-state index in [1.165, 1.54) is 29.7 Å². The molecular formula is C31H37ClF3N5O3S. The third-order valence-electron chi connectivity index (χ3n) is 8.19. The van der Waals surface area contributed by atoms with Crippen LogP contribution in [0, 0.1) is 11.3 Å². The van der Waals surface area contributed by atoms with E-state index in [9.17, 15) is 18.0 Å². The van der Waals surface area contributed by atoms with Gasteiger partial charge in [-0.3, -0.25) is 9.52 Å². The summed E-state index contributed by atoms with van der Waals surface area (Å²) < 4.78 is 54.8. The molecule has 0 radical (unpaired) electrons. The number of amides is 1. The minimum absolute atomic E-state index is 0.0175. The average Bonchev–Trinajstić information content (AvgIpc) is 3.50. The van der Waals surface area contributed by atoms with Gasteiger partial charge in [0.25, 0.3) is 5.91 Å². The molecule has 1 atom stereocenters. The van der Waals surface area contributed by atoms with Crippen LogP contribution in [0.25, 0.3) is 5.82 Å². The molecule has 0 spiro atoms. The molecule has 1 aliphatic carbocycles. The Labute approximate surface area is 264 Å². The van der Waals surface area contributed by atoms with Crippen molar-refractivity contribution in [3.63, 3.8) is 0 Å². The third kappa shape index (κ3) is 8.39. The highest BCUT2D eigenvalue weighted by molar-refractivity contribution is 7.98. The monoisotopic (exact) mass is 651 g/mol. The number of nitrogens with one attached hydrogen (secondary N) is 2. The molecule has 1 saturated carbocycles. The van der Waals surface area contributed by atoms with Gasteiger partial charge in [0.15, 0.2) is 5.82 Å². The van der Waals surface area contributed by atoms with Crippen LogP contribution >= 0.6 is 23.5 Å². The standard InChI is InChI=1S/C31H37ClF3N5O3S/c1-29(2)19-21(20-36-29)5-3-4-17-42-22-6-8-23(9-7-22)44-39-28(41)24-10-11-25(37-27(24)32)40-16-12-26(38-40)43-18-15-30(13-14-30)31(33,34)35/h6-12,16,21,36H,3-5,13-15,17-20H2,1-2H3,(H,39,41). The predicted molar refractivity (Wildman–Crippen MR) is 164 cm³/mol. The van der Waals surface area contributed by atoms with Crippen LogP contribution in [-0.2, 0) is 0 Å². The molecule has 44 heavy (non-hydrogen) atoms. The molecule has 13 heteroatoms. The lowest BCUT2D eigenvalue weighted by Crippen LogP contribution is -2.31. The minimum Gasteiger partial charge on any atom is -0.494 e. The van der Waals surface area contributed by atoms with Crippen molar-refractivity contribution in [1.82, 2.24) is 24.8 Å². The molecule has 2 N–H and O–H groups in total. The van der Waals surface area contributed by atoms with E-state index < -0.39 is 17.5 Å². The SMILES string of the molecule is CC1(C)CC(CCCCOc2ccc(SNC(=O)c3ccc(-n4ccc(OCCC5(C(F)(F)F)CC5)n4)nc3Cl)cc2)CN1. The molecule has 2 fully saturated rings. The van der Waals surface area contributed by atoms with Gasteiger partial charge in [0.05, 0.1) is 24.2 Å². The van der Waals surface area contributed by atoms with Crippen molar-refractivity contribution in [3.8, 4) is 17.4 Å². The second-order valence-corrected chi connectivity index (χ2v) is 13.4. The lowest BCUT2D eigenvalue weighted by atomic mass is 9.93. The molecule has 0 bridgehead atoms. The number of pyridine rings is 1. The second kappa shape index (κ2) is 13.6. The van der Waals surface area contributed by atoms with Crippen LogP contribution in [0.3, 0.4) is 0 Å². The number of hydrogen-bond donors (Lipinski definition) is 2. The van der Waals surface area contributed by atoms with E-state index in [1.54, 1.807) is 12.3 Å². The molecule has 1 unspecified atom stereocenters. The Hall–Kier alpha value is -2.96. The van der Waals surface area contributed by atoms with E-state index in [0.717, 1.165) is 47.9 Å². The van der Waals surface area contributed by atoms with Crippen LogP contribution in [0.1, 0.15) is 69.2 Å². The Kier molecular flexibility index (Phi) is 10.0. The smallest absolute Gasteiger partial charge is 0.394 e. The van der Waals surface area contributed by atoms with Crippen LogP contribution in [0.5, 0.6) is 11.6 Å². The fourth-order valence-corrected chi connectivity index (χ4v) is 6.22. The van der Waals surface area contributed by atoms with Gasteiger partial charge in [-0.2, -0.15) is 13.2 Å². The van der Waals surface area contributed by atoms with Gasteiger partial charge in [0.2, 0.25) is 5.88 Å². The summed E-state index contributed by atoms with van der Waals surface area (Å²) in [5, 5.41) is 7.76. The number of alkyl halides is 3. The number of hydrogen-bond acceptors (Lipinski definition) is 7. The molecule has 2 aliphatic rings. The average molecular weight is 652 g/mol. The lowest BCUT2D eigenvalue weighted by molar-refractivity contribution is -0.190. The number of carbonyl (C=O) groups is 1. The Bertz CT molecular complexity index is 1430. The van der Waals surface area contributed by atoms with Crippen LogP contribution < -0.4 is 19.5 Å². The number of ether oxygens (including phenoxy) is 2. The zero-order valence-corrected chi connectivity index (χ0v) is 26.3. The lowest BCUT2D eigenvalue weighted by Gasteiger charge is -2.18. The maximum atomic E-state index is 13.1. The van der Waals surface area contributed by atoms with Gasteiger partial charge in [-0.05, 0) is 120 Å². The van der Waals surface area contributed by atoms with Crippen molar-refractivity contribution >= 4 is 29.5 Å². The van der Waals surface area contributed by atoms with Gasteiger partial charge in [-0.25, -0.2) is 9.67 Å². The Morgan fingerprint density at radius 1 is 1.11 bits per heavy atom. The van der Waals surface area contributed by atoms with Gasteiger partial charge in [-0.1, -0.05) is 11.6 Å². The molecule has 1 amide bonds. The van der Waals surface area contributed by atoms with Crippen molar-refractivity contribution in [2.75, 3.05) is 19.8 Å². The summed E-state index contributed by atoms with van der Waals surface area (Å²) in [6, 6.07) is 12.1. The van der Waals surface area contributed by atoms with E-state index in [-0.39, 0.29) is 48.0 Å². The Morgan fingerprint density at radius 2 is 1.89 bits per heavy atom. The number of benzene rings is 1. The van der Waals surface area contributed by atoms with Gasteiger partial charge in [0, 0.05) is 22.7 Å². The molecule has 3 heterocycles. The van der Waals surface area contributed by atoms with Crippen LogP contribution in [-0.4, -0.2) is 52.1 Å². The van der Waals surface area contributed by atoms with Crippen LogP contribution in [0.4, 0.5) is 13.2 Å². The van der Waals surface area contributed by atoms with E-state index >= 15 is 0 Å². The van der Waals surface area contributed by atoms with Crippen molar-refractivity contribution in [2.24, 2.45) is 11.3 Å². The van der Waals surface area contributed by atoms with Crippen molar-refractivity contribution < 1.29 is 27.4 Å². The Balaban J connectivity index is 1.03. The molecule has 5 rings (SSSR count). The van der Waals surface area contributed by atoms with Gasteiger partial charge >= 0.3 is 6.18 Å². The minimum atomic E-state index is -4.22. The van der Waals surface area contributed by atoms with Crippen molar-refractivity contribution in [1.29, 1.82) is 0 Å². The highest BCUT2D eigenvalue weighted by Gasteiger charge is 2.62. The van der Waals surface area contributed by atoms with Gasteiger partial charge in [0.1, 0.15) is 10.9 Å². The highest BCUT2D eigenvalue weighted by Crippen LogP contribution is 2.59. The summed E-state index contributed by atoms with van der Waals surface area (Å²) in [4.78, 5) is 17.8. The topological polar surface area (TPSA) is 90.3 Å². The maximum Gasteiger partial charge on any atom is 0.394 e. The molecule has 8 nitrogen and oxygen atoms in total. The number of carbonyl (C=O) groups excluding carboxylic acids is 1. The van der Waals surface area contributed by atoms with Crippen molar-refractivity contribution in [2.45, 2.75) is 75.4 Å². The van der Waals surface area contributed by atoms with Crippen molar-refractivity contribution in [3.05, 3.63) is 59.4 Å². The predicted octanol–water partition coefficient (Wildman–Crippen LogP) is 7.41. The number of halogens is 4. The summed E-state index contributed by atoms with van der Waals surface area (Å²) in [5.41, 5.74) is -1.18. The normalized spacial score (nSPS) is 18.6. The quantitative estimate of drug-likeness (QED) is 0.107. The van der Waals surface area contributed by atoms with E-state index in [1.807, 2.05) is 24.3 Å². The number of nitrogens with zero attached hydrogens (tertiary/aromatic N) is 3. The maximum absolute atomic E-state index is 13.1. The number of rotatable bonds is 14. The van der Waals surface area contributed by atoms with E-state index in [2.05, 4.69) is 34.0 Å². The second-order valence-electron chi connectivity index (χ2n) is 12.2.